The Kier molecular flexibility index (Phi) is 6.04. The second kappa shape index (κ2) is 9.71. The van der Waals surface area contributed by atoms with E-state index in [0.717, 1.165) is 11.1 Å². The fourth-order valence-corrected chi connectivity index (χ4v) is 5.21. The number of carbonyl (C=O) groups is 1. The molecule has 0 saturated heterocycles. The minimum absolute atomic E-state index is 0.0111. The predicted molar refractivity (Wildman–Crippen MR) is 146 cm³/mol. The van der Waals surface area contributed by atoms with Gasteiger partial charge in [0.2, 0.25) is 11.7 Å². The van der Waals surface area contributed by atoms with Gasteiger partial charge in [0.05, 0.1) is 30.3 Å². The van der Waals surface area contributed by atoms with Crippen LogP contribution in [0.2, 0.25) is 0 Å². The molecule has 1 aliphatic heterocycles. The second-order valence-corrected chi connectivity index (χ2v) is 9.41. The number of ether oxygens (including phenoxy) is 1. The predicted octanol–water partition coefficient (Wildman–Crippen LogP) is 4.10. The number of methoxy groups -OCH3 is 1. The molecule has 0 aliphatic carbocycles. The Morgan fingerprint density at radius 1 is 1.10 bits per heavy atom. The zero-order valence-electron chi connectivity index (χ0n) is 21.7. The number of hydrogen-bond donors (Lipinski definition) is 1. The number of rotatable bonds is 4. The van der Waals surface area contributed by atoms with E-state index in [-0.39, 0.29) is 17.5 Å². The molecule has 1 atom stereocenters. The van der Waals surface area contributed by atoms with Crippen molar-refractivity contribution in [3.8, 4) is 23.4 Å². The van der Waals surface area contributed by atoms with Crippen molar-refractivity contribution >= 4 is 23.0 Å². The fourth-order valence-electron chi connectivity index (χ4n) is 5.21. The van der Waals surface area contributed by atoms with Gasteiger partial charge in [-0.1, -0.05) is 36.4 Å². The molecule has 40 heavy (non-hydrogen) atoms. The monoisotopic (exact) mass is 533 g/mol. The molecule has 0 radical (unpaired) electrons. The number of aromatic hydroxyl groups is 1. The van der Waals surface area contributed by atoms with E-state index < -0.39 is 23.3 Å². The quantitative estimate of drug-likeness (QED) is 0.339. The number of carbonyl (C=O) groups excluding carboxylic acids is 1. The van der Waals surface area contributed by atoms with Crippen LogP contribution in [0.4, 0.5) is 5.95 Å². The molecule has 0 amide bonds. The highest BCUT2D eigenvalue weighted by molar-refractivity contribution is 5.90. The molecule has 5 aromatic rings. The maximum Gasteiger partial charge on any atom is 0.337 e. The van der Waals surface area contributed by atoms with E-state index in [0.29, 0.717) is 40.8 Å². The number of anilines is 1. The molecule has 0 saturated carbocycles. The number of benzene rings is 3. The van der Waals surface area contributed by atoms with Crippen molar-refractivity contribution in [1.29, 1.82) is 5.26 Å². The summed E-state index contributed by atoms with van der Waals surface area (Å²) in [4.78, 5) is 36.8. The summed E-state index contributed by atoms with van der Waals surface area (Å²) in [6, 6.07) is 21.3. The molecule has 0 fully saturated rings. The third-order valence-corrected chi connectivity index (χ3v) is 7.17. The molecule has 1 N–H and O–H groups in total. The summed E-state index contributed by atoms with van der Waals surface area (Å²) in [5.74, 6) is -0.818. The number of nitrogens with zero attached hydrogens (tertiary/aromatic N) is 5. The van der Waals surface area contributed by atoms with Crippen molar-refractivity contribution < 1.29 is 19.1 Å². The number of aromatic nitrogens is 3. The van der Waals surface area contributed by atoms with Gasteiger partial charge in [0.25, 0.3) is 11.4 Å². The molecule has 10 heteroatoms. The largest absolute Gasteiger partial charge is 0.501 e. The van der Waals surface area contributed by atoms with Gasteiger partial charge in [-0.25, -0.2) is 14.8 Å². The lowest BCUT2D eigenvalue weighted by Crippen LogP contribution is -2.40. The number of oxazole rings is 1. The molecule has 198 valence electrons. The van der Waals surface area contributed by atoms with Gasteiger partial charge in [-0.2, -0.15) is 5.26 Å². The van der Waals surface area contributed by atoms with E-state index in [1.165, 1.54) is 18.7 Å². The number of fused-ring (bicyclic) bond motifs is 2. The van der Waals surface area contributed by atoms with Crippen LogP contribution in [0.25, 0.3) is 22.7 Å². The van der Waals surface area contributed by atoms with Crippen molar-refractivity contribution in [2.45, 2.75) is 12.5 Å². The molecule has 2 aromatic heterocycles. The zero-order valence-corrected chi connectivity index (χ0v) is 21.7. The van der Waals surface area contributed by atoms with Crippen LogP contribution < -0.4 is 10.5 Å². The summed E-state index contributed by atoms with van der Waals surface area (Å²) in [6.45, 7) is 0.438. The molecule has 0 unspecified atom stereocenters. The van der Waals surface area contributed by atoms with Gasteiger partial charge in [0, 0.05) is 13.6 Å². The average Bonchev–Trinajstić information content (AvgIpc) is 3.43. The maximum absolute atomic E-state index is 13.3. The third kappa shape index (κ3) is 3.96. The van der Waals surface area contributed by atoms with Gasteiger partial charge in [-0.15, -0.1) is 0 Å². The third-order valence-electron chi connectivity index (χ3n) is 7.17. The summed E-state index contributed by atoms with van der Waals surface area (Å²) in [6.07, 6.45) is 0.580. The van der Waals surface area contributed by atoms with Crippen LogP contribution in [0.15, 0.2) is 75.9 Å². The summed E-state index contributed by atoms with van der Waals surface area (Å²) < 4.78 is 12.1. The number of nitriles is 1. The first-order valence-electron chi connectivity index (χ1n) is 12.5. The Labute approximate surface area is 228 Å². The fraction of sp³-hybridized carbons (Fsp3) is 0.167. The average molecular weight is 534 g/mol. The first kappa shape index (κ1) is 24.9. The molecular weight excluding hydrogens is 510 g/mol. The molecule has 3 heterocycles. The molecule has 0 spiro atoms. The van der Waals surface area contributed by atoms with Crippen LogP contribution in [0.1, 0.15) is 38.7 Å². The van der Waals surface area contributed by atoms with E-state index in [1.54, 1.807) is 42.5 Å². The van der Waals surface area contributed by atoms with Crippen molar-refractivity contribution in [3.05, 3.63) is 105 Å². The molecule has 10 nitrogen and oxygen atoms in total. The van der Waals surface area contributed by atoms with Crippen LogP contribution in [0, 0.1) is 11.3 Å². The smallest absolute Gasteiger partial charge is 0.337 e. The Morgan fingerprint density at radius 2 is 1.88 bits per heavy atom. The van der Waals surface area contributed by atoms with Gasteiger partial charge in [0.1, 0.15) is 5.52 Å². The highest BCUT2D eigenvalue weighted by atomic mass is 16.5. The van der Waals surface area contributed by atoms with Crippen LogP contribution in [0.5, 0.6) is 5.75 Å². The maximum atomic E-state index is 13.3. The van der Waals surface area contributed by atoms with E-state index >= 15 is 0 Å². The first-order valence-corrected chi connectivity index (χ1v) is 12.5. The highest BCUT2D eigenvalue weighted by Gasteiger charge is 2.34. The van der Waals surface area contributed by atoms with Crippen molar-refractivity contribution in [1.82, 2.24) is 14.5 Å². The Balaban J connectivity index is 1.59. The number of esters is 1. The summed E-state index contributed by atoms with van der Waals surface area (Å²) in [5, 5.41) is 20.8. The van der Waals surface area contributed by atoms with Gasteiger partial charge >= 0.3 is 5.97 Å². The van der Waals surface area contributed by atoms with E-state index in [4.69, 9.17) is 14.1 Å². The Morgan fingerprint density at radius 3 is 2.65 bits per heavy atom. The van der Waals surface area contributed by atoms with Crippen molar-refractivity contribution in [2.75, 3.05) is 18.6 Å². The summed E-state index contributed by atoms with van der Waals surface area (Å²) in [5.41, 5.74) is 3.54. The van der Waals surface area contributed by atoms with Crippen LogP contribution in [0.3, 0.4) is 0 Å². The molecule has 6 rings (SSSR count). The number of para-hydroxylation sites is 2. The lowest BCUT2D eigenvalue weighted by atomic mass is 9.85. The highest BCUT2D eigenvalue weighted by Crippen LogP contribution is 2.40. The van der Waals surface area contributed by atoms with Crippen LogP contribution in [-0.4, -0.2) is 39.3 Å². The molecule has 3 aromatic carbocycles. The summed E-state index contributed by atoms with van der Waals surface area (Å²) >= 11 is 0. The second-order valence-electron chi connectivity index (χ2n) is 9.41. The lowest BCUT2D eigenvalue weighted by Gasteiger charge is -2.39. The Bertz CT molecular complexity index is 1870. The normalized spacial score (nSPS) is 14.5. The molecular formula is C30H23N5O5. The molecule has 1 aliphatic rings. The van der Waals surface area contributed by atoms with E-state index in [1.807, 2.05) is 29.2 Å². The lowest BCUT2D eigenvalue weighted by molar-refractivity contribution is 0.0600. The summed E-state index contributed by atoms with van der Waals surface area (Å²) in [7, 11) is 2.84. The van der Waals surface area contributed by atoms with Gasteiger partial charge in [-0.05, 0) is 53.4 Å². The van der Waals surface area contributed by atoms with Crippen molar-refractivity contribution in [3.63, 3.8) is 0 Å². The standard InChI is InChI=1S/C30H23N5O5/c1-34-28(37)26(36)24(27-32-22-9-5-6-10-23(22)40-27)33-30(34)35-14-13-17-11-12-18(29(38)39-2)15-21(17)25(35)20-8-4-3-7-19(20)16-31/h3-12,15,25,36H,13-14H2,1-2H3/t25-/m1/s1. The molecule has 0 bridgehead atoms. The minimum Gasteiger partial charge on any atom is -0.501 e. The Hall–Kier alpha value is -5.43. The first-order chi connectivity index (χ1) is 19.4. The van der Waals surface area contributed by atoms with Crippen molar-refractivity contribution in [2.24, 2.45) is 7.05 Å². The van der Waals surface area contributed by atoms with Gasteiger partial charge in [-0.3, -0.25) is 9.36 Å². The number of hydrogen-bond acceptors (Lipinski definition) is 9. The van der Waals surface area contributed by atoms with E-state index in [2.05, 4.69) is 11.1 Å². The van der Waals surface area contributed by atoms with E-state index in [9.17, 15) is 20.0 Å². The topological polar surface area (TPSA) is 134 Å². The SMILES string of the molecule is COC(=O)c1ccc2c(c1)[C@@H](c1ccccc1C#N)N(c1nc(-c3nc4ccccc4o3)c(O)c(=O)n1C)CC2. The van der Waals surface area contributed by atoms with Gasteiger partial charge in [0.15, 0.2) is 11.3 Å². The minimum atomic E-state index is -0.677. The van der Waals surface area contributed by atoms with Gasteiger partial charge < -0.3 is 19.2 Å². The van der Waals surface area contributed by atoms with Crippen LogP contribution >= 0.6 is 0 Å². The van der Waals surface area contributed by atoms with Crippen LogP contribution in [-0.2, 0) is 18.2 Å². The zero-order chi connectivity index (χ0) is 28.0.